The lowest BCUT2D eigenvalue weighted by molar-refractivity contribution is -0.120. The van der Waals surface area contributed by atoms with Crippen molar-refractivity contribution in [2.45, 2.75) is 115 Å². The SMILES string of the molecule is CCCCCCCCCCOP1C(=O)C2CCCCC2C2CCCCC21. The number of hydrogen-bond donors (Lipinski definition) is 0. The van der Waals surface area contributed by atoms with Crippen LogP contribution in [0.5, 0.6) is 0 Å². The van der Waals surface area contributed by atoms with Crippen molar-refractivity contribution in [3.8, 4) is 0 Å². The summed E-state index contributed by atoms with van der Waals surface area (Å²) in [4.78, 5) is 13.2. The molecule has 26 heavy (non-hydrogen) atoms. The van der Waals surface area contributed by atoms with E-state index in [1.165, 1.54) is 89.9 Å². The van der Waals surface area contributed by atoms with Crippen LogP contribution < -0.4 is 0 Å². The lowest BCUT2D eigenvalue weighted by Gasteiger charge is -2.49. The summed E-state index contributed by atoms with van der Waals surface area (Å²) in [6.45, 7) is 3.12. The Hall–Kier alpha value is 0.0600. The average molecular weight is 381 g/mol. The standard InChI is InChI=1S/C23H41O2P/c1-2-3-4-5-6-7-8-13-18-25-26-22-17-12-11-15-20(22)19-14-9-10-16-21(19)23(26)24/h19-22H,2-18H2,1H3. The molecule has 3 fully saturated rings. The monoisotopic (exact) mass is 380 g/mol. The molecule has 1 aliphatic heterocycles. The van der Waals surface area contributed by atoms with E-state index in [-0.39, 0.29) is 0 Å². The Kier molecular flexibility index (Phi) is 8.92. The predicted molar refractivity (Wildman–Crippen MR) is 112 cm³/mol. The molecule has 0 amide bonds. The Morgan fingerprint density at radius 3 is 2.19 bits per heavy atom. The Morgan fingerprint density at radius 2 is 1.42 bits per heavy atom. The van der Waals surface area contributed by atoms with Gasteiger partial charge in [0.15, 0.2) is 5.52 Å². The average Bonchev–Trinajstić information content (AvgIpc) is 2.69. The summed E-state index contributed by atoms with van der Waals surface area (Å²) < 4.78 is 6.37. The molecule has 0 aromatic heterocycles. The van der Waals surface area contributed by atoms with E-state index in [1.54, 1.807) is 0 Å². The number of fused-ring (bicyclic) bond motifs is 3. The highest BCUT2D eigenvalue weighted by Crippen LogP contribution is 2.62. The summed E-state index contributed by atoms with van der Waals surface area (Å²) in [5.41, 5.74) is 1.17. The zero-order chi connectivity index (χ0) is 18.2. The summed E-state index contributed by atoms with van der Waals surface area (Å²) in [6, 6.07) is 0. The van der Waals surface area contributed by atoms with Crippen molar-refractivity contribution in [3.63, 3.8) is 0 Å². The Labute approximate surface area is 163 Å². The van der Waals surface area contributed by atoms with Crippen molar-refractivity contribution in [1.29, 1.82) is 0 Å². The molecule has 0 radical (unpaired) electrons. The van der Waals surface area contributed by atoms with Crippen LogP contribution in [-0.2, 0) is 9.32 Å². The van der Waals surface area contributed by atoms with Gasteiger partial charge in [-0.05, 0) is 43.9 Å². The van der Waals surface area contributed by atoms with E-state index in [1.807, 2.05) is 0 Å². The molecule has 150 valence electrons. The second kappa shape index (κ2) is 11.2. The van der Waals surface area contributed by atoms with Crippen LogP contribution in [0, 0.1) is 17.8 Å². The van der Waals surface area contributed by atoms with Crippen LogP contribution in [0.4, 0.5) is 0 Å². The molecule has 5 atom stereocenters. The quantitative estimate of drug-likeness (QED) is 0.291. The third-order valence-corrected chi connectivity index (χ3v) is 9.69. The van der Waals surface area contributed by atoms with Crippen LogP contribution in [0.1, 0.15) is 110 Å². The minimum atomic E-state index is -0.805. The van der Waals surface area contributed by atoms with Crippen LogP contribution in [0.3, 0.4) is 0 Å². The van der Waals surface area contributed by atoms with Crippen molar-refractivity contribution in [3.05, 3.63) is 0 Å². The topological polar surface area (TPSA) is 26.3 Å². The number of carbonyl (C=O) groups is 1. The smallest absolute Gasteiger partial charge is 0.185 e. The highest BCUT2D eigenvalue weighted by molar-refractivity contribution is 7.71. The van der Waals surface area contributed by atoms with Gasteiger partial charge in [-0.15, -0.1) is 0 Å². The van der Waals surface area contributed by atoms with Crippen molar-refractivity contribution < 1.29 is 9.32 Å². The maximum Gasteiger partial charge on any atom is 0.185 e. The molecule has 2 aliphatic carbocycles. The molecule has 0 aromatic carbocycles. The largest absolute Gasteiger partial charge is 0.351 e. The molecule has 0 spiro atoms. The zero-order valence-corrected chi connectivity index (χ0v) is 18.0. The number of unbranched alkanes of at least 4 members (excludes halogenated alkanes) is 7. The second-order valence-corrected chi connectivity index (χ2v) is 11.1. The molecule has 0 bridgehead atoms. The third kappa shape index (κ3) is 5.32. The number of carbonyl (C=O) groups excluding carboxylic acids is 1. The van der Waals surface area contributed by atoms with E-state index in [9.17, 15) is 4.79 Å². The van der Waals surface area contributed by atoms with Gasteiger partial charge in [0.05, 0.1) is 6.61 Å². The molecule has 5 unspecified atom stereocenters. The summed E-state index contributed by atoms with van der Waals surface area (Å²) in [5, 5.41) is 0. The van der Waals surface area contributed by atoms with E-state index in [2.05, 4.69) is 6.92 Å². The van der Waals surface area contributed by atoms with Gasteiger partial charge in [0.25, 0.3) is 0 Å². The van der Waals surface area contributed by atoms with Crippen LogP contribution in [0.25, 0.3) is 0 Å². The fourth-order valence-electron chi connectivity index (χ4n) is 5.79. The molecule has 0 aromatic rings. The van der Waals surface area contributed by atoms with E-state index in [0.717, 1.165) is 25.4 Å². The molecule has 3 heteroatoms. The summed E-state index contributed by atoms with van der Waals surface area (Å²) in [6.07, 6.45) is 21.1. The normalized spacial score (nSPS) is 34.3. The van der Waals surface area contributed by atoms with Gasteiger partial charge >= 0.3 is 0 Å². The van der Waals surface area contributed by atoms with E-state index >= 15 is 0 Å². The van der Waals surface area contributed by atoms with Crippen LogP contribution >= 0.6 is 8.15 Å². The zero-order valence-electron chi connectivity index (χ0n) is 17.1. The van der Waals surface area contributed by atoms with Crippen molar-refractivity contribution in [2.24, 2.45) is 17.8 Å². The van der Waals surface area contributed by atoms with E-state index < -0.39 is 8.15 Å². The van der Waals surface area contributed by atoms with E-state index in [4.69, 9.17) is 4.52 Å². The van der Waals surface area contributed by atoms with Gasteiger partial charge < -0.3 is 4.52 Å². The fourth-order valence-corrected chi connectivity index (χ4v) is 8.55. The van der Waals surface area contributed by atoms with Gasteiger partial charge in [0.1, 0.15) is 8.15 Å². The van der Waals surface area contributed by atoms with Crippen LogP contribution in [0.2, 0.25) is 0 Å². The molecule has 2 saturated carbocycles. The minimum Gasteiger partial charge on any atom is -0.351 e. The van der Waals surface area contributed by atoms with Gasteiger partial charge in [-0.1, -0.05) is 77.6 Å². The summed E-state index contributed by atoms with van der Waals surface area (Å²) in [7, 11) is -0.805. The lowest BCUT2D eigenvalue weighted by atomic mass is 9.67. The fraction of sp³-hybridized carbons (Fsp3) is 0.957. The Bertz CT molecular complexity index is 424. The van der Waals surface area contributed by atoms with Gasteiger partial charge in [-0.25, -0.2) is 0 Å². The van der Waals surface area contributed by atoms with Crippen molar-refractivity contribution in [1.82, 2.24) is 0 Å². The van der Waals surface area contributed by atoms with Crippen LogP contribution in [-0.4, -0.2) is 17.8 Å². The van der Waals surface area contributed by atoms with Gasteiger partial charge in [0, 0.05) is 11.6 Å². The lowest BCUT2D eigenvalue weighted by Crippen LogP contribution is -2.44. The highest BCUT2D eigenvalue weighted by Gasteiger charge is 2.51. The Morgan fingerprint density at radius 1 is 0.808 bits per heavy atom. The van der Waals surface area contributed by atoms with Gasteiger partial charge in [0.2, 0.25) is 0 Å². The molecular weight excluding hydrogens is 339 g/mol. The first-order chi connectivity index (χ1) is 12.8. The molecule has 3 rings (SSSR count). The van der Waals surface area contributed by atoms with Crippen molar-refractivity contribution in [2.75, 3.05) is 6.61 Å². The minimum absolute atomic E-state index is 0.368. The molecule has 1 saturated heterocycles. The summed E-state index contributed by atoms with van der Waals surface area (Å²) in [5.74, 6) is 1.90. The molecule has 2 nitrogen and oxygen atoms in total. The maximum atomic E-state index is 13.2. The van der Waals surface area contributed by atoms with Crippen molar-refractivity contribution >= 4 is 13.7 Å². The third-order valence-electron chi connectivity index (χ3n) is 7.21. The first kappa shape index (κ1) is 20.8. The molecule has 1 heterocycles. The van der Waals surface area contributed by atoms with Crippen LogP contribution in [0.15, 0.2) is 0 Å². The highest BCUT2D eigenvalue weighted by atomic mass is 31.1. The molecule has 0 N–H and O–H groups in total. The number of rotatable bonds is 10. The Balaban J connectivity index is 1.42. The molecule has 3 aliphatic rings. The first-order valence-electron chi connectivity index (χ1n) is 11.8. The molecular formula is C23H41O2P. The maximum absolute atomic E-state index is 13.2. The summed E-state index contributed by atoms with van der Waals surface area (Å²) >= 11 is 0. The number of hydrogen-bond acceptors (Lipinski definition) is 2. The van der Waals surface area contributed by atoms with Gasteiger partial charge in [-0.3, -0.25) is 4.79 Å². The predicted octanol–water partition coefficient (Wildman–Crippen LogP) is 7.45. The van der Waals surface area contributed by atoms with E-state index in [0.29, 0.717) is 23.0 Å². The van der Waals surface area contributed by atoms with Gasteiger partial charge in [-0.2, -0.15) is 0 Å². The second-order valence-electron chi connectivity index (χ2n) is 9.04. The first-order valence-corrected chi connectivity index (χ1v) is 13.1.